The van der Waals surface area contributed by atoms with E-state index in [1.807, 2.05) is 65.3 Å². The Hall–Kier alpha value is -4.71. The van der Waals surface area contributed by atoms with Crippen LogP contribution in [0.4, 0.5) is 0 Å². The number of carboxylic acids is 1. The predicted molar refractivity (Wildman–Crippen MR) is 160 cm³/mol. The number of carbonyl (C=O) groups is 2. The van der Waals surface area contributed by atoms with Crippen LogP contribution in [0.25, 0.3) is 22.6 Å². The number of nitrogens with one attached hydrogen (secondary N) is 2. The van der Waals surface area contributed by atoms with E-state index in [0.717, 1.165) is 51.0 Å². The van der Waals surface area contributed by atoms with E-state index in [1.165, 1.54) is 0 Å². The number of hydrogen-bond donors (Lipinski definition) is 3. The fraction of sp³-hybridized carbons (Fsp3) is 0.233. The summed E-state index contributed by atoms with van der Waals surface area (Å²) in [5.74, 6) is -0.901. The highest BCUT2D eigenvalue weighted by molar-refractivity contribution is 9.10. The maximum absolute atomic E-state index is 13.2. The molecule has 0 aliphatic carbocycles. The van der Waals surface area contributed by atoms with Crippen LogP contribution in [0.3, 0.4) is 0 Å². The first kappa shape index (κ1) is 28.8. The molecule has 5 rings (SSSR count). The van der Waals surface area contributed by atoms with E-state index in [-0.39, 0.29) is 12.1 Å². The van der Waals surface area contributed by atoms with Crippen LogP contribution >= 0.6 is 15.9 Å². The second-order valence-corrected chi connectivity index (χ2v) is 10.7. The highest BCUT2D eigenvalue weighted by atomic mass is 79.9. The SMILES string of the molecule is CCCc1cc(C(=O)N[C@@H](CC(=O)O)Cc2ccccc2Br)nn1Cc1ccc(-c2ccccc2-c2nn[nH]n2)nc1. The zero-order chi connectivity index (χ0) is 29.5. The molecule has 0 aliphatic rings. The van der Waals surface area contributed by atoms with Crippen LogP contribution in [0.5, 0.6) is 0 Å². The van der Waals surface area contributed by atoms with Crippen LogP contribution in [0.2, 0.25) is 0 Å². The molecule has 0 aliphatic heterocycles. The van der Waals surface area contributed by atoms with Gasteiger partial charge in [0.05, 0.1) is 18.7 Å². The van der Waals surface area contributed by atoms with Crippen molar-refractivity contribution in [1.29, 1.82) is 0 Å². The average Bonchev–Trinajstić information content (AvgIpc) is 3.66. The van der Waals surface area contributed by atoms with Gasteiger partial charge in [0.2, 0.25) is 5.82 Å². The van der Waals surface area contributed by atoms with Gasteiger partial charge in [-0.05, 0) is 47.4 Å². The number of H-pyrrole nitrogens is 1. The Balaban J connectivity index is 1.33. The fourth-order valence-electron chi connectivity index (χ4n) is 4.76. The Kier molecular flexibility index (Phi) is 9.12. The lowest BCUT2D eigenvalue weighted by molar-refractivity contribution is -0.137. The summed E-state index contributed by atoms with van der Waals surface area (Å²) in [7, 11) is 0. The van der Waals surface area contributed by atoms with Gasteiger partial charge in [0.1, 0.15) is 5.69 Å². The van der Waals surface area contributed by atoms with Crippen molar-refractivity contribution in [2.75, 3.05) is 0 Å². The average molecular weight is 630 g/mol. The van der Waals surface area contributed by atoms with Crippen LogP contribution in [0.1, 0.15) is 47.1 Å². The molecule has 1 atom stereocenters. The van der Waals surface area contributed by atoms with Crippen molar-refractivity contribution in [2.45, 2.75) is 45.2 Å². The second kappa shape index (κ2) is 13.3. The molecule has 0 fully saturated rings. The molecule has 12 heteroatoms. The first-order valence-corrected chi connectivity index (χ1v) is 14.3. The summed E-state index contributed by atoms with van der Waals surface area (Å²) in [6.45, 7) is 2.49. The Morgan fingerprint density at radius 2 is 1.86 bits per heavy atom. The normalized spacial score (nSPS) is 11.8. The number of aryl methyl sites for hydroxylation is 1. The number of tetrazole rings is 1. The van der Waals surface area contributed by atoms with E-state index in [0.29, 0.717) is 18.8 Å². The molecule has 2 aromatic carbocycles. The summed E-state index contributed by atoms with van der Waals surface area (Å²) in [5, 5.41) is 31.3. The van der Waals surface area contributed by atoms with Crippen molar-refractivity contribution in [2.24, 2.45) is 0 Å². The summed E-state index contributed by atoms with van der Waals surface area (Å²) < 4.78 is 2.67. The third kappa shape index (κ3) is 6.95. The van der Waals surface area contributed by atoms with Crippen molar-refractivity contribution in [3.05, 3.63) is 99.9 Å². The molecule has 0 unspecified atom stereocenters. The molecule has 11 nitrogen and oxygen atoms in total. The van der Waals surface area contributed by atoms with Gasteiger partial charge in [0.25, 0.3) is 5.91 Å². The fourth-order valence-corrected chi connectivity index (χ4v) is 5.21. The summed E-state index contributed by atoms with van der Waals surface area (Å²) >= 11 is 3.50. The first-order valence-electron chi connectivity index (χ1n) is 13.5. The molecule has 0 saturated heterocycles. The van der Waals surface area contributed by atoms with Crippen molar-refractivity contribution in [1.82, 2.24) is 40.7 Å². The van der Waals surface area contributed by atoms with Crippen LogP contribution in [0.15, 0.2) is 77.4 Å². The highest BCUT2D eigenvalue weighted by Crippen LogP contribution is 2.28. The minimum atomic E-state index is -0.986. The van der Waals surface area contributed by atoms with Crippen molar-refractivity contribution in [3.63, 3.8) is 0 Å². The van der Waals surface area contributed by atoms with E-state index in [4.69, 9.17) is 0 Å². The van der Waals surface area contributed by atoms with Gasteiger partial charge in [0, 0.05) is 33.5 Å². The van der Waals surface area contributed by atoms with E-state index < -0.39 is 17.9 Å². The molecule has 0 saturated carbocycles. The molecule has 3 N–H and O–H groups in total. The number of aromatic amines is 1. The maximum Gasteiger partial charge on any atom is 0.305 e. The minimum Gasteiger partial charge on any atom is -0.481 e. The Morgan fingerprint density at radius 3 is 2.55 bits per heavy atom. The second-order valence-electron chi connectivity index (χ2n) is 9.83. The van der Waals surface area contributed by atoms with Gasteiger partial charge in [-0.2, -0.15) is 10.3 Å². The van der Waals surface area contributed by atoms with Gasteiger partial charge in [-0.1, -0.05) is 77.8 Å². The van der Waals surface area contributed by atoms with Crippen LogP contribution in [-0.4, -0.2) is 58.4 Å². The van der Waals surface area contributed by atoms with Crippen molar-refractivity contribution < 1.29 is 14.7 Å². The summed E-state index contributed by atoms with van der Waals surface area (Å²) in [6.07, 6.45) is 3.57. The minimum absolute atomic E-state index is 0.205. The van der Waals surface area contributed by atoms with E-state index in [2.05, 4.69) is 58.9 Å². The lowest BCUT2D eigenvalue weighted by Gasteiger charge is -2.17. The van der Waals surface area contributed by atoms with Crippen molar-refractivity contribution >= 4 is 27.8 Å². The Morgan fingerprint density at radius 1 is 1.07 bits per heavy atom. The number of pyridine rings is 1. The standard InChI is InChI=1S/C30H29BrN8O3/c1-2-7-22-16-27(30(42)33-21(15-28(40)41)14-20-8-3-6-11-25(20)31)36-39(22)18-19-12-13-26(32-17-19)23-9-4-5-10-24(23)29-34-37-38-35-29/h3-6,8-13,16-17,21H,2,7,14-15,18H2,1H3,(H,33,42)(H,40,41)(H,34,35,37,38)/t21-/m1/s1. The number of hydrogen-bond acceptors (Lipinski definition) is 7. The van der Waals surface area contributed by atoms with Crippen LogP contribution < -0.4 is 5.32 Å². The molecule has 5 aromatic rings. The van der Waals surface area contributed by atoms with Gasteiger partial charge < -0.3 is 10.4 Å². The number of carbonyl (C=O) groups excluding carboxylic acids is 1. The van der Waals surface area contributed by atoms with Crippen molar-refractivity contribution in [3.8, 4) is 22.6 Å². The van der Waals surface area contributed by atoms with Gasteiger partial charge in [-0.3, -0.25) is 19.3 Å². The van der Waals surface area contributed by atoms with Gasteiger partial charge >= 0.3 is 5.97 Å². The van der Waals surface area contributed by atoms with Gasteiger partial charge in [-0.15, -0.1) is 10.2 Å². The van der Waals surface area contributed by atoms with Gasteiger partial charge in [0.15, 0.2) is 0 Å². The summed E-state index contributed by atoms with van der Waals surface area (Å²) in [6, 6.07) is 20.4. The maximum atomic E-state index is 13.2. The number of rotatable bonds is 12. The number of nitrogens with zero attached hydrogens (tertiary/aromatic N) is 6. The predicted octanol–water partition coefficient (Wildman–Crippen LogP) is 4.70. The molecule has 0 spiro atoms. The van der Waals surface area contributed by atoms with Crippen LogP contribution in [-0.2, 0) is 24.2 Å². The Bertz CT molecular complexity index is 1670. The molecule has 3 heterocycles. The lowest BCUT2D eigenvalue weighted by Crippen LogP contribution is -2.38. The zero-order valence-corrected chi connectivity index (χ0v) is 24.5. The molecule has 0 radical (unpaired) electrons. The first-order chi connectivity index (χ1) is 20.4. The molecule has 3 aromatic heterocycles. The quantitative estimate of drug-likeness (QED) is 0.180. The lowest BCUT2D eigenvalue weighted by atomic mass is 10.0. The number of amides is 1. The topological polar surface area (TPSA) is 152 Å². The summed E-state index contributed by atoms with van der Waals surface area (Å²) in [4.78, 5) is 29.5. The molecule has 0 bridgehead atoms. The zero-order valence-electron chi connectivity index (χ0n) is 22.9. The van der Waals surface area contributed by atoms with Crippen LogP contribution in [0, 0.1) is 0 Å². The van der Waals surface area contributed by atoms with Gasteiger partial charge in [-0.25, -0.2) is 0 Å². The third-order valence-electron chi connectivity index (χ3n) is 6.73. The molecular weight excluding hydrogens is 600 g/mol. The monoisotopic (exact) mass is 628 g/mol. The summed E-state index contributed by atoms with van der Waals surface area (Å²) in [5.41, 5.74) is 5.46. The highest BCUT2D eigenvalue weighted by Gasteiger charge is 2.21. The largest absolute Gasteiger partial charge is 0.481 e. The number of benzene rings is 2. The number of aliphatic carboxylic acids is 1. The number of carboxylic acid groups (broad SMARTS) is 1. The molecular formula is C30H29BrN8O3. The third-order valence-corrected chi connectivity index (χ3v) is 7.50. The van der Waals surface area contributed by atoms with E-state index in [1.54, 1.807) is 12.3 Å². The smallest absolute Gasteiger partial charge is 0.305 e. The van der Waals surface area contributed by atoms with E-state index >= 15 is 0 Å². The molecule has 1 amide bonds. The molecule has 214 valence electrons. The van der Waals surface area contributed by atoms with E-state index in [9.17, 15) is 14.7 Å². The number of aromatic nitrogens is 7. The molecule has 42 heavy (non-hydrogen) atoms. The Labute approximate surface area is 250 Å². The number of halogens is 1.